The van der Waals surface area contributed by atoms with Crippen molar-refractivity contribution in [2.45, 2.75) is 58.0 Å². The molecule has 7 heteroatoms. The topological polar surface area (TPSA) is 98.7 Å². The molecule has 1 fully saturated rings. The van der Waals surface area contributed by atoms with Crippen LogP contribution in [0.25, 0.3) is 0 Å². The number of nitrogens with zero attached hydrogens (tertiary/aromatic N) is 1. The molecule has 0 bridgehead atoms. The van der Waals surface area contributed by atoms with Gasteiger partial charge in [-0.1, -0.05) is 20.8 Å². The van der Waals surface area contributed by atoms with Gasteiger partial charge in [0.25, 0.3) is 0 Å². The number of carbonyl (C=O) groups is 3. The summed E-state index contributed by atoms with van der Waals surface area (Å²) in [4.78, 5) is 37.4. The summed E-state index contributed by atoms with van der Waals surface area (Å²) in [5, 5.41) is 14.7. The molecule has 1 rings (SSSR count). The minimum absolute atomic E-state index is 0.0992. The van der Waals surface area contributed by atoms with Crippen molar-refractivity contribution in [3.8, 4) is 0 Å². The minimum Gasteiger partial charge on any atom is -0.480 e. The first kappa shape index (κ1) is 19.4. The molecule has 7 nitrogen and oxygen atoms in total. The van der Waals surface area contributed by atoms with Gasteiger partial charge >= 0.3 is 5.97 Å². The van der Waals surface area contributed by atoms with Crippen LogP contribution in [0.3, 0.4) is 0 Å². The first-order valence-electron chi connectivity index (χ1n) is 8.26. The quantitative estimate of drug-likeness (QED) is 0.545. The van der Waals surface area contributed by atoms with Gasteiger partial charge in [-0.2, -0.15) is 0 Å². The fourth-order valence-electron chi connectivity index (χ4n) is 2.57. The maximum Gasteiger partial charge on any atom is 0.329 e. The van der Waals surface area contributed by atoms with Crippen LogP contribution in [0.15, 0.2) is 0 Å². The van der Waals surface area contributed by atoms with Crippen molar-refractivity contribution in [1.29, 1.82) is 0 Å². The average molecular weight is 327 g/mol. The Morgan fingerprint density at radius 1 is 1.26 bits per heavy atom. The van der Waals surface area contributed by atoms with E-state index in [4.69, 9.17) is 5.11 Å². The number of hydrogen-bond donors (Lipinski definition) is 3. The number of carbonyl (C=O) groups excluding carboxylic acids is 2. The van der Waals surface area contributed by atoms with Crippen LogP contribution in [0.1, 0.15) is 46.5 Å². The van der Waals surface area contributed by atoms with E-state index in [2.05, 4.69) is 10.6 Å². The summed E-state index contributed by atoms with van der Waals surface area (Å²) in [7, 11) is 1.73. The first-order chi connectivity index (χ1) is 10.8. The second-order valence-electron chi connectivity index (χ2n) is 6.67. The predicted molar refractivity (Wildman–Crippen MR) is 86.9 cm³/mol. The monoisotopic (exact) mass is 327 g/mol. The molecule has 1 unspecified atom stereocenters. The van der Waals surface area contributed by atoms with Crippen molar-refractivity contribution in [2.75, 3.05) is 20.1 Å². The third-order valence-electron chi connectivity index (χ3n) is 4.03. The average Bonchev–Trinajstić information content (AvgIpc) is 3.24. The second-order valence-corrected chi connectivity index (χ2v) is 6.67. The summed E-state index contributed by atoms with van der Waals surface area (Å²) in [5.41, 5.74) is -1.11. The Morgan fingerprint density at radius 3 is 2.26 bits per heavy atom. The van der Waals surface area contributed by atoms with Gasteiger partial charge in [0.1, 0.15) is 5.54 Å². The van der Waals surface area contributed by atoms with E-state index in [-0.39, 0.29) is 18.5 Å². The Morgan fingerprint density at radius 2 is 1.87 bits per heavy atom. The zero-order chi connectivity index (χ0) is 17.6. The van der Waals surface area contributed by atoms with Crippen LogP contribution in [-0.4, -0.2) is 59.5 Å². The molecular formula is C16H29N3O4. The van der Waals surface area contributed by atoms with Gasteiger partial charge in [0, 0.05) is 6.54 Å². The molecule has 0 saturated heterocycles. The summed E-state index contributed by atoms with van der Waals surface area (Å²) >= 11 is 0. The van der Waals surface area contributed by atoms with Gasteiger partial charge in [0.2, 0.25) is 11.8 Å². The smallest absolute Gasteiger partial charge is 0.329 e. The van der Waals surface area contributed by atoms with Crippen molar-refractivity contribution in [1.82, 2.24) is 15.5 Å². The molecule has 0 aromatic rings. The Balaban J connectivity index is 2.68. The summed E-state index contributed by atoms with van der Waals surface area (Å²) in [5.74, 6) is -1.17. The SMILES string of the molecule is CCCN(CC(=O)NC1(C(=O)O)CC1)C(=O)C(CC(C)C)NC. The molecule has 0 radical (unpaired) electrons. The van der Waals surface area contributed by atoms with E-state index in [1.54, 1.807) is 7.05 Å². The molecule has 1 saturated carbocycles. The van der Waals surface area contributed by atoms with E-state index in [1.807, 2.05) is 20.8 Å². The number of rotatable bonds is 10. The number of nitrogens with one attached hydrogen (secondary N) is 2. The lowest BCUT2D eigenvalue weighted by Crippen LogP contribution is -2.52. The fourth-order valence-corrected chi connectivity index (χ4v) is 2.57. The van der Waals surface area contributed by atoms with E-state index < -0.39 is 17.4 Å². The highest BCUT2D eigenvalue weighted by Gasteiger charge is 2.51. The number of carboxylic acids is 1. The minimum atomic E-state index is -1.11. The molecule has 132 valence electrons. The molecule has 2 amide bonds. The summed E-state index contributed by atoms with van der Waals surface area (Å²) in [6, 6.07) is -0.330. The van der Waals surface area contributed by atoms with Crippen LogP contribution in [0.4, 0.5) is 0 Å². The molecule has 0 heterocycles. The number of amides is 2. The highest BCUT2D eigenvalue weighted by atomic mass is 16.4. The number of carboxylic acid groups (broad SMARTS) is 1. The molecule has 1 atom stereocenters. The van der Waals surface area contributed by atoms with Gasteiger partial charge in [-0.25, -0.2) is 4.79 Å². The third kappa shape index (κ3) is 5.49. The summed E-state index contributed by atoms with van der Waals surface area (Å²) < 4.78 is 0. The standard InChI is InChI=1S/C16H29N3O4/c1-5-8-19(14(21)12(17-4)9-11(2)3)10-13(20)18-16(6-7-16)15(22)23/h11-12,17H,5-10H2,1-4H3,(H,18,20)(H,22,23). The van der Waals surface area contributed by atoms with Gasteiger partial charge < -0.3 is 20.6 Å². The maximum absolute atomic E-state index is 12.6. The van der Waals surface area contributed by atoms with E-state index in [9.17, 15) is 14.4 Å². The molecule has 0 aromatic heterocycles. The Kier molecular flexibility index (Phi) is 7.00. The fraction of sp³-hybridized carbons (Fsp3) is 0.812. The van der Waals surface area contributed by atoms with Crippen molar-refractivity contribution in [3.05, 3.63) is 0 Å². The molecule has 0 aromatic carbocycles. The Bertz CT molecular complexity index is 447. The van der Waals surface area contributed by atoms with Crippen molar-refractivity contribution >= 4 is 17.8 Å². The van der Waals surface area contributed by atoms with Gasteiger partial charge in [0.05, 0.1) is 12.6 Å². The van der Waals surface area contributed by atoms with E-state index in [0.29, 0.717) is 31.7 Å². The number of likely N-dealkylation sites (N-methyl/N-ethyl adjacent to an activating group) is 1. The van der Waals surface area contributed by atoms with Crippen LogP contribution in [-0.2, 0) is 14.4 Å². The van der Waals surface area contributed by atoms with Gasteiger partial charge in [0.15, 0.2) is 0 Å². The van der Waals surface area contributed by atoms with Crippen LogP contribution >= 0.6 is 0 Å². The molecular weight excluding hydrogens is 298 g/mol. The lowest BCUT2D eigenvalue weighted by Gasteiger charge is -2.28. The van der Waals surface area contributed by atoms with E-state index in [0.717, 1.165) is 6.42 Å². The lowest BCUT2D eigenvalue weighted by atomic mass is 10.0. The van der Waals surface area contributed by atoms with Crippen molar-refractivity contribution in [2.24, 2.45) is 5.92 Å². The van der Waals surface area contributed by atoms with Crippen LogP contribution in [0.5, 0.6) is 0 Å². The predicted octanol–water partition coefficient (Wildman–Crippen LogP) is 0.593. The van der Waals surface area contributed by atoms with Crippen molar-refractivity contribution < 1.29 is 19.5 Å². The van der Waals surface area contributed by atoms with Gasteiger partial charge in [-0.15, -0.1) is 0 Å². The summed E-state index contributed by atoms with van der Waals surface area (Å²) in [6.07, 6.45) is 2.32. The Labute approximate surface area is 137 Å². The van der Waals surface area contributed by atoms with Crippen LogP contribution < -0.4 is 10.6 Å². The lowest BCUT2D eigenvalue weighted by molar-refractivity contribution is -0.144. The zero-order valence-corrected chi connectivity index (χ0v) is 14.5. The second kappa shape index (κ2) is 8.29. The zero-order valence-electron chi connectivity index (χ0n) is 14.5. The first-order valence-corrected chi connectivity index (χ1v) is 8.26. The van der Waals surface area contributed by atoms with Gasteiger partial charge in [-0.05, 0) is 38.6 Å². The highest BCUT2D eigenvalue weighted by molar-refractivity contribution is 5.92. The number of aliphatic carboxylic acids is 1. The number of hydrogen-bond acceptors (Lipinski definition) is 4. The summed E-state index contributed by atoms with van der Waals surface area (Å²) in [6.45, 7) is 6.39. The van der Waals surface area contributed by atoms with E-state index in [1.165, 1.54) is 4.90 Å². The highest BCUT2D eigenvalue weighted by Crippen LogP contribution is 2.35. The molecule has 23 heavy (non-hydrogen) atoms. The molecule has 1 aliphatic carbocycles. The van der Waals surface area contributed by atoms with E-state index >= 15 is 0 Å². The van der Waals surface area contributed by atoms with Gasteiger partial charge in [-0.3, -0.25) is 9.59 Å². The molecule has 3 N–H and O–H groups in total. The van der Waals surface area contributed by atoms with Crippen molar-refractivity contribution in [3.63, 3.8) is 0 Å². The third-order valence-corrected chi connectivity index (χ3v) is 4.03. The van der Waals surface area contributed by atoms with Crippen LogP contribution in [0.2, 0.25) is 0 Å². The van der Waals surface area contributed by atoms with Crippen LogP contribution in [0, 0.1) is 5.92 Å². The normalized spacial score (nSPS) is 16.7. The molecule has 1 aliphatic rings. The molecule has 0 aliphatic heterocycles. The molecule has 0 spiro atoms. The largest absolute Gasteiger partial charge is 0.480 e. The maximum atomic E-state index is 12.6. The Hall–Kier alpha value is -1.63.